The van der Waals surface area contributed by atoms with Gasteiger partial charge in [0.1, 0.15) is 11.5 Å². The van der Waals surface area contributed by atoms with Crippen molar-refractivity contribution in [1.29, 1.82) is 0 Å². The third-order valence-electron chi connectivity index (χ3n) is 5.31. The van der Waals surface area contributed by atoms with Crippen molar-refractivity contribution in [3.8, 4) is 11.5 Å². The number of carbonyl (C=O) groups excluding carboxylic acids is 2. The summed E-state index contributed by atoms with van der Waals surface area (Å²) in [6, 6.07) is 29.8. The number of benzene rings is 4. The Hall–Kier alpha value is -4.58. The van der Waals surface area contributed by atoms with Crippen LogP contribution in [0.15, 0.2) is 103 Å². The quantitative estimate of drug-likeness (QED) is 0.363. The zero-order valence-corrected chi connectivity index (χ0v) is 18.4. The largest absolute Gasteiger partial charge is 0.508 e. The topological polar surface area (TPSA) is 89.9 Å². The molecule has 0 radical (unpaired) electrons. The van der Waals surface area contributed by atoms with Crippen LogP contribution < -0.4 is 10.2 Å². The maximum Gasteiger partial charge on any atom is 0.262 e. The lowest BCUT2D eigenvalue weighted by molar-refractivity contribution is -0.115. The van der Waals surface area contributed by atoms with Gasteiger partial charge in [-0.25, -0.2) is 0 Å². The molecule has 4 aromatic rings. The molecule has 0 heterocycles. The molecule has 0 unspecified atom stereocenters. The fourth-order valence-electron chi connectivity index (χ4n) is 3.60. The van der Waals surface area contributed by atoms with Crippen LogP contribution in [0.2, 0.25) is 0 Å². The molecule has 2 amide bonds. The van der Waals surface area contributed by atoms with E-state index in [-0.39, 0.29) is 35.9 Å². The van der Waals surface area contributed by atoms with E-state index >= 15 is 0 Å². The van der Waals surface area contributed by atoms with Crippen molar-refractivity contribution in [2.45, 2.75) is 13.0 Å². The molecular formula is C28H24N2O4. The number of nitrogens with one attached hydrogen (secondary N) is 1. The van der Waals surface area contributed by atoms with Crippen LogP contribution in [-0.4, -0.2) is 22.0 Å². The van der Waals surface area contributed by atoms with Crippen LogP contribution in [0, 0.1) is 0 Å². The molecule has 4 aromatic carbocycles. The highest BCUT2D eigenvalue weighted by Gasteiger charge is 2.21. The summed E-state index contributed by atoms with van der Waals surface area (Å²) in [5.74, 6) is -0.973. The van der Waals surface area contributed by atoms with Crippen molar-refractivity contribution < 1.29 is 19.8 Å². The molecular weight excluding hydrogens is 428 g/mol. The average molecular weight is 453 g/mol. The van der Waals surface area contributed by atoms with Gasteiger partial charge in [-0.05, 0) is 47.5 Å². The number of nitrogens with zero attached hydrogens (tertiary/aromatic N) is 1. The molecule has 4 rings (SSSR count). The minimum absolute atomic E-state index is 0.0778. The molecule has 6 heteroatoms. The van der Waals surface area contributed by atoms with Crippen molar-refractivity contribution in [1.82, 2.24) is 0 Å². The average Bonchev–Trinajstić information content (AvgIpc) is 2.84. The zero-order valence-electron chi connectivity index (χ0n) is 18.4. The zero-order chi connectivity index (χ0) is 23.9. The SMILES string of the molecule is O=C(Cc1ccccc1)Nc1ccc(N(Cc2ccccc2)C(=O)c2ccc(O)cc2O)cc1. The normalized spacial score (nSPS) is 10.5. The molecule has 0 fully saturated rings. The Morgan fingerprint density at radius 2 is 1.35 bits per heavy atom. The van der Waals surface area contributed by atoms with Gasteiger partial charge in [0.15, 0.2) is 0 Å². The van der Waals surface area contributed by atoms with Gasteiger partial charge in [0.2, 0.25) is 5.91 Å². The molecule has 0 saturated heterocycles. The molecule has 0 bridgehead atoms. The van der Waals surface area contributed by atoms with Crippen LogP contribution in [0.5, 0.6) is 11.5 Å². The van der Waals surface area contributed by atoms with Crippen molar-refractivity contribution in [2.75, 3.05) is 10.2 Å². The van der Waals surface area contributed by atoms with Crippen molar-refractivity contribution >= 4 is 23.2 Å². The molecule has 3 N–H and O–H groups in total. The minimum Gasteiger partial charge on any atom is -0.508 e. The Morgan fingerprint density at radius 1 is 0.735 bits per heavy atom. The van der Waals surface area contributed by atoms with Crippen molar-refractivity contribution in [2.24, 2.45) is 0 Å². The molecule has 0 saturated carbocycles. The minimum atomic E-state index is -0.415. The first-order chi connectivity index (χ1) is 16.5. The van der Waals surface area contributed by atoms with E-state index in [4.69, 9.17) is 0 Å². The van der Waals surface area contributed by atoms with Gasteiger partial charge in [-0.2, -0.15) is 0 Å². The highest BCUT2D eigenvalue weighted by molar-refractivity contribution is 6.08. The summed E-state index contributed by atoms with van der Waals surface area (Å²) < 4.78 is 0. The molecule has 0 aliphatic carbocycles. The summed E-state index contributed by atoms with van der Waals surface area (Å²) in [6.45, 7) is 0.277. The monoisotopic (exact) mass is 452 g/mol. The van der Waals surface area contributed by atoms with E-state index in [1.165, 1.54) is 17.0 Å². The van der Waals surface area contributed by atoms with E-state index < -0.39 is 5.91 Å². The maximum absolute atomic E-state index is 13.4. The standard InChI is InChI=1S/C28H24N2O4/c31-24-15-16-25(26(32)18-24)28(34)30(19-21-9-5-2-6-10-21)23-13-11-22(12-14-23)29-27(33)17-20-7-3-1-4-8-20/h1-16,18,31-32H,17,19H2,(H,29,33). The number of anilines is 2. The molecule has 6 nitrogen and oxygen atoms in total. The second-order valence-electron chi connectivity index (χ2n) is 7.84. The number of hydrogen-bond donors (Lipinski definition) is 3. The summed E-state index contributed by atoms with van der Waals surface area (Å²) in [6.07, 6.45) is 0.265. The lowest BCUT2D eigenvalue weighted by Crippen LogP contribution is -2.30. The predicted octanol–water partition coefficient (Wildman–Crippen LogP) is 5.13. The van der Waals surface area contributed by atoms with Gasteiger partial charge in [-0.3, -0.25) is 9.59 Å². The second-order valence-corrected chi connectivity index (χ2v) is 7.84. The third-order valence-corrected chi connectivity index (χ3v) is 5.31. The Labute approximate surface area is 197 Å². The van der Waals surface area contributed by atoms with Crippen LogP contribution in [-0.2, 0) is 17.8 Å². The third kappa shape index (κ3) is 5.61. The number of phenols is 2. The number of rotatable bonds is 7. The van der Waals surface area contributed by atoms with E-state index in [2.05, 4.69) is 5.32 Å². The summed E-state index contributed by atoms with van der Waals surface area (Å²) in [7, 11) is 0. The highest BCUT2D eigenvalue weighted by Crippen LogP contribution is 2.28. The molecule has 0 aliphatic rings. The van der Waals surface area contributed by atoms with Gasteiger partial charge in [0, 0.05) is 17.4 Å². The lowest BCUT2D eigenvalue weighted by atomic mass is 10.1. The van der Waals surface area contributed by atoms with E-state index in [1.807, 2.05) is 60.7 Å². The van der Waals surface area contributed by atoms with Crippen LogP contribution >= 0.6 is 0 Å². The predicted molar refractivity (Wildman–Crippen MR) is 132 cm³/mol. The number of phenolic OH excluding ortho intramolecular Hbond substituents is 2. The summed E-state index contributed by atoms with van der Waals surface area (Å²) in [5, 5.41) is 22.7. The van der Waals surface area contributed by atoms with E-state index in [9.17, 15) is 19.8 Å². The molecule has 0 atom stereocenters. The summed E-state index contributed by atoms with van der Waals surface area (Å²) in [4.78, 5) is 27.3. The molecule has 0 spiro atoms. The number of hydrogen-bond acceptors (Lipinski definition) is 4. The molecule has 34 heavy (non-hydrogen) atoms. The molecule has 0 aliphatic heterocycles. The van der Waals surface area contributed by atoms with Gasteiger partial charge < -0.3 is 20.4 Å². The summed E-state index contributed by atoms with van der Waals surface area (Å²) in [5.41, 5.74) is 3.12. The first kappa shape index (κ1) is 22.6. The summed E-state index contributed by atoms with van der Waals surface area (Å²) >= 11 is 0. The fourth-order valence-corrected chi connectivity index (χ4v) is 3.60. The second kappa shape index (κ2) is 10.4. The van der Waals surface area contributed by atoms with Gasteiger partial charge in [0.05, 0.1) is 18.5 Å². The molecule has 0 aromatic heterocycles. The maximum atomic E-state index is 13.4. The highest BCUT2D eigenvalue weighted by atomic mass is 16.3. The van der Waals surface area contributed by atoms with Crippen LogP contribution in [0.1, 0.15) is 21.5 Å². The Balaban J connectivity index is 1.56. The first-order valence-corrected chi connectivity index (χ1v) is 10.8. The van der Waals surface area contributed by atoms with Gasteiger partial charge in [-0.1, -0.05) is 60.7 Å². The van der Waals surface area contributed by atoms with Crippen molar-refractivity contribution in [3.63, 3.8) is 0 Å². The van der Waals surface area contributed by atoms with Gasteiger partial charge >= 0.3 is 0 Å². The van der Waals surface area contributed by atoms with E-state index in [0.717, 1.165) is 17.2 Å². The van der Waals surface area contributed by atoms with Crippen LogP contribution in [0.3, 0.4) is 0 Å². The smallest absolute Gasteiger partial charge is 0.262 e. The van der Waals surface area contributed by atoms with Crippen LogP contribution in [0.4, 0.5) is 11.4 Å². The molecule has 170 valence electrons. The number of carbonyl (C=O) groups is 2. The van der Waals surface area contributed by atoms with Crippen LogP contribution in [0.25, 0.3) is 0 Å². The fraction of sp³-hybridized carbons (Fsp3) is 0.0714. The Kier molecular flexibility index (Phi) is 6.89. The Morgan fingerprint density at radius 3 is 1.97 bits per heavy atom. The van der Waals surface area contributed by atoms with E-state index in [0.29, 0.717) is 11.4 Å². The number of aromatic hydroxyl groups is 2. The van der Waals surface area contributed by atoms with E-state index in [1.54, 1.807) is 24.3 Å². The van der Waals surface area contributed by atoms with Crippen molar-refractivity contribution in [3.05, 3.63) is 120 Å². The van der Waals surface area contributed by atoms with Gasteiger partial charge in [0.25, 0.3) is 5.91 Å². The first-order valence-electron chi connectivity index (χ1n) is 10.8. The number of amides is 2. The lowest BCUT2D eigenvalue weighted by Gasteiger charge is -2.24. The van der Waals surface area contributed by atoms with Gasteiger partial charge in [-0.15, -0.1) is 0 Å². The Bertz CT molecular complexity index is 1270.